The summed E-state index contributed by atoms with van der Waals surface area (Å²) in [5, 5.41) is 0. The van der Waals surface area contributed by atoms with E-state index in [0.717, 1.165) is 36.2 Å². The number of benzene rings is 2. The highest BCUT2D eigenvalue weighted by molar-refractivity contribution is 5.32. The van der Waals surface area contributed by atoms with E-state index in [-0.39, 0.29) is 11.8 Å². The van der Waals surface area contributed by atoms with Gasteiger partial charge in [0.1, 0.15) is 11.6 Å². The highest BCUT2D eigenvalue weighted by Crippen LogP contribution is 2.45. The molecule has 0 bridgehead atoms. The molecule has 4 rings (SSSR count). The predicted molar refractivity (Wildman–Crippen MR) is 137 cm³/mol. The zero-order valence-corrected chi connectivity index (χ0v) is 22.0. The van der Waals surface area contributed by atoms with Gasteiger partial charge in [0.05, 0.1) is 11.1 Å². The maximum Gasteiger partial charge on any atom is 0.426 e. The van der Waals surface area contributed by atoms with Crippen LogP contribution < -0.4 is 4.74 Å². The van der Waals surface area contributed by atoms with E-state index in [0.29, 0.717) is 18.1 Å². The lowest BCUT2D eigenvalue weighted by molar-refractivity contribution is -0.186. The van der Waals surface area contributed by atoms with Crippen LogP contribution in [0, 0.1) is 23.6 Å². The summed E-state index contributed by atoms with van der Waals surface area (Å²) in [6.07, 6.45) is 6.49. The number of ether oxygens (including phenoxy) is 1. The van der Waals surface area contributed by atoms with Gasteiger partial charge in [0.25, 0.3) is 0 Å². The fraction of sp³-hybridized carbons (Fsp3) is 0.613. The number of unbranched alkanes of at least 4 members (excludes halogenated alkanes) is 2. The van der Waals surface area contributed by atoms with Crippen LogP contribution in [0.2, 0.25) is 0 Å². The topological polar surface area (TPSA) is 9.23 Å². The quantitative estimate of drug-likeness (QED) is 0.227. The van der Waals surface area contributed by atoms with Crippen molar-refractivity contribution in [1.29, 1.82) is 0 Å². The summed E-state index contributed by atoms with van der Waals surface area (Å²) in [4.78, 5) is 0. The molecule has 0 saturated heterocycles. The minimum Gasteiger partial charge on any atom is -0.429 e. The van der Waals surface area contributed by atoms with Crippen molar-refractivity contribution in [3.8, 4) is 5.75 Å². The second kappa shape index (κ2) is 12.3. The van der Waals surface area contributed by atoms with Crippen molar-refractivity contribution < 1.29 is 31.1 Å². The van der Waals surface area contributed by atoms with Crippen LogP contribution in [0.25, 0.3) is 0 Å². The Balaban J connectivity index is 1.27. The fourth-order valence-corrected chi connectivity index (χ4v) is 6.50. The first-order valence-electron chi connectivity index (χ1n) is 14.1. The van der Waals surface area contributed by atoms with Gasteiger partial charge in [-0.1, -0.05) is 57.6 Å². The van der Waals surface area contributed by atoms with Crippen molar-refractivity contribution in [1.82, 2.24) is 0 Å². The minimum absolute atomic E-state index is 0.122. The lowest BCUT2D eigenvalue weighted by Crippen LogP contribution is -2.25. The van der Waals surface area contributed by atoms with Crippen LogP contribution >= 0.6 is 0 Å². The number of halogens is 6. The zero-order chi connectivity index (χ0) is 27.3. The van der Waals surface area contributed by atoms with Gasteiger partial charge in [-0.15, -0.1) is 0 Å². The van der Waals surface area contributed by atoms with Crippen molar-refractivity contribution in [2.75, 3.05) is 0 Å². The number of alkyl halides is 5. The molecule has 0 unspecified atom stereocenters. The van der Waals surface area contributed by atoms with Gasteiger partial charge in [0, 0.05) is 0 Å². The molecule has 0 heterocycles. The molecule has 1 nitrogen and oxygen atoms in total. The lowest BCUT2D eigenvalue weighted by Gasteiger charge is -2.38. The smallest absolute Gasteiger partial charge is 0.426 e. The second-order valence-electron chi connectivity index (χ2n) is 11.3. The SMILES string of the molecule is CCCCCC1CCC(C2CCC(c3ccc(OC(F)(F)c4ccc(C(F)(F)F)c(F)c4)cc3)CC2)CC1. The average molecular weight is 541 g/mol. The van der Waals surface area contributed by atoms with E-state index in [1.54, 1.807) is 12.1 Å². The highest BCUT2D eigenvalue weighted by Gasteiger charge is 2.39. The maximum atomic E-state index is 14.6. The van der Waals surface area contributed by atoms with E-state index in [9.17, 15) is 26.3 Å². The number of hydrogen-bond acceptors (Lipinski definition) is 1. The van der Waals surface area contributed by atoms with Gasteiger partial charge >= 0.3 is 12.3 Å². The molecule has 2 aromatic rings. The third-order valence-electron chi connectivity index (χ3n) is 8.75. The second-order valence-corrected chi connectivity index (χ2v) is 11.3. The molecule has 2 fully saturated rings. The molecular weight excluding hydrogens is 502 g/mol. The molecule has 0 radical (unpaired) electrons. The Kier molecular flexibility index (Phi) is 9.36. The van der Waals surface area contributed by atoms with E-state index in [1.807, 2.05) is 0 Å². The van der Waals surface area contributed by atoms with Gasteiger partial charge in [0.15, 0.2) is 0 Å². The summed E-state index contributed by atoms with van der Waals surface area (Å²) in [5.74, 6) is 1.04. The number of hydrogen-bond donors (Lipinski definition) is 0. The van der Waals surface area contributed by atoms with Crippen LogP contribution in [0.1, 0.15) is 107 Å². The standard InChI is InChI=1S/C31H38F6O/c1-2-3-4-5-21-6-8-22(9-7-21)23-10-12-24(13-11-23)25-14-17-27(18-15-25)38-31(36,37)26-16-19-28(29(32)20-26)30(33,34)35/h14-24H,2-13H2,1H3. The average Bonchev–Trinajstić information content (AvgIpc) is 2.89. The molecule has 38 heavy (non-hydrogen) atoms. The van der Waals surface area contributed by atoms with Gasteiger partial charge in [-0.3, -0.25) is 0 Å². The molecule has 0 aromatic heterocycles. The number of rotatable bonds is 9. The summed E-state index contributed by atoms with van der Waals surface area (Å²) in [7, 11) is 0. The van der Waals surface area contributed by atoms with Crippen LogP contribution in [0.15, 0.2) is 42.5 Å². The molecule has 0 amide bonds. The first-order chi connectivity index (χ1) is 18.1. The predicted octanol–water partition coefficient (Wildman–Crippen LogP) is 10.6. The summed E-state index contributed by atoms with van der Waals surface area (Å²) in [6.45, 7) is 2.25. The largest absolute Gasteiger partial charge is 0.429 e. The van der Waals surface area contributed by atoms with Gasteiger partial charge in [-0.25, -0.2) is 4.39 Å². The highest BCUT2D eigenvalue weighted by atomic mass is 19.4. The monoisotopic (exact) mass is 540 g/mol. The molecule has 7 heteroatoms. The van der Waals surface area contributed by atoms with Crippen molar-refractivity contribution in [3.05, 3.63) is 65.0 Å². The Morgan fingerprint density at radius 2 is 1.37 bits per heavy atom. The Hall–Kier alpha value is -2.18. The molecule has 0 aliphatic heterocycles. The van der Waals surface area contributed by atoms with E-state index < -0.39 is 29.2 Å². The third-order valence-corrected chi connectivity index (χ3v) is 8.75. The molecule has 210 valence electrons. The van der Waals surface area contributed by atoms with Crippen LogP contribution in [-0.4, -0.2) is 0 Å². The molecule has 0 spiro atoms. The minimum atomic E-state index is -4.96. The van der Waals surface area contributed by atoms with Crippen LogP contribution in [0.5, 0.6) is 5.75 Å². The fourth-order valence-electron chi connectivity index (χ4n) is 6.50. The molecule has 2 aromatic carbocycles. The van der Waals surface area contributed by atoms with E-state index in [4.69, 9.17) is 4.74 Å². The summed E-state index contributed by atoms with van der Waals surface area (Å²) in [6, 6.07) is 7.49. The van der Waals surface area contributed by atoms with Crippen molar-refractivity contribution in [3.63, 3.8) is 0 Å². The Labute approximate surface area is 222 Å². The zero-order valence-electron chi connectivity index (χ0n) is 22.0. The summed E-state index contributed by atoms with van der Waals surface area (Å²) in [5.41, 5.74) is -1.48. The molecule has 2 aliphatic rings. The van der Waals surface area contributed by atoms with Crippen molar-refractivity contribution in [2.24, 2.45) is 17.8 Å². The first kappa shape index (κ1) is 28.8. The van der Waals surface area contributed by atoms with Gasteiger partial charge in [0.2, 0.25) is 0 Å². The molecule has 0 atom stereocenters. The third kappa shape index (κ3) is 7.26. The molecule has 2 saturated carbocycles. The Morgan fingerprint density at radius 3 is 1.92 bits per heavy atom. The lowest BCUT2D eigenvalue weighted by atomic mass is 9.68. The van der Waals surface area contributed by atoms with Gasteiger partial charge in [-0.2, -0.15) is 22.0 Å². The summed E-state index contributed by atoms with van der Waals surface area (Å²) >= 11 is 0. The Bertz CT molecular complexity index is 1020. The van der Waals surface area contributed by atoms with Crippen LogP contribution in [0.4, 0.5) is 26.3 Å². The molecular formula is C31H38F6O. The molecule has 0 N–H and O–H groups in total. The van der Waals surface area contributed by atoms with Crippen LogP contribution in [0.3, 0.4) is 0 Å². The Morgan fingerprint density at radius 1 is 0.763 bits per heavy atom. The van der Waals surface area contributed by atoms with Crippen LogP contribution in [-0.2, 0) is 12.3 Å². The van der Waals surface area contributed by atoms with Crippen molar-refractivity contribution in [2.45, 2.75) is 102 Å². The summed E-state index contributed by atoms with van der Waals surface area (Å²) < 4.78 is 85.9. The van der Waals surface area contributed by atoms with Crippen molar-refractivity contribution >= 4 is 0 Å². The maximum absolute atomic E-state index is 14.6. The van der Waals surface area contributed by atoms with Gasteiger partial charge < -0.3 is 4.74 Å². The van der Waals surface area contributed by atoms with E-state index in [1.165, 1.54) is 76.3 Å². The van der Waals surface area contributed by atoms with E-state index in [2.05, 4.69) is 6.92 Å². The molecule has 2 aliphatic carbocycles. The van der Waals surface area contributed by atoms with Gasteiger partial charge in [-0.05, 0) is 98.1 Å². The van der Waals surface area contributed by atoms with E-state index >= 15 is 0 Å². The first-order valence-corrected chi connectivity index (χ1v) is 14.1. The normalized spacial score (nSPS) is 24.8.